The number of amides is 2. The Balaban J connectivity index is 0.00000441. The van der Waals surface area contributed by atoms with E-state index in [2.05, 4.69) is 5.32 Å². The van der Waals surface area contributed by atoms with Crippen LogP contribution in [0.15, 0.2) is 0 Å². The summed E-state index contributed by atoms with van der Waals surface area (Å²) in [6.45, 7) is 8.58. The van der Waals surface area contributed by atoms with Gasteiger partial charge in [-0.25, -0.2) is 0 Å². The number of carbonyl (C=O) groups excluding carboxylic acids is 2. The summed E-state index contributed by atoms with van der Waals surface area (Å²) in [5.74, 6) is 0.360. The largest absolute Gasteiger partial charge is 0.356 e. The van der Waals surface area contributed by atoms with Crippen molar-refractivity contribution in [3.8, 4) is 0 Å². The lowest BCUT2D eigenvalue weighted by molar-refractivity contribution is -0.145. The van der Waals surface area contributed by atoms with E-state index in [-0.39, 0.29) is 30.1 Å². The van der Waals surface area contributed by atoms with Crippen molar-refractivity contribution < 1.29 is 9.59 Å². The van der Waals surface area contributed by atoms with Crippen molar-refractivity contribution in [2.75, 3.05) is 26.2 Å². The Labute approximate surface area is 140 Å². The summed E-state index contributed by atoms with van der Waals surface area (Å²) < 4.78 is 0. The molecule has 130 valence electrons. The predicted octanol–water partition coefficient (Wildman–Crippen LogP) is 1.94. The van der Waals surface area contributed by atoms with E-state index in [1.54, 1.807) is 0 Å². The van der Waals surface area contributed by atoms with E-state index in [0.717, 1.165) is 38.6 Å². The molecule has 2 amide bonds. The number of halogens is 1. The van der Waals surface area contributed by atoms with Gasteiger partial charge in [-0.05, 0) is 32.1 Å². The van der Waals surface area contributed by atoms with Crippen LogP contribution in [0.3, 0.4) is 0 Å². The molecule has 0 aliphatic carbocycles. The van der Waals surface area contributed by atoms with Crippen LogP contribution in [-0.2, 0) is 9.59 Å². The van der Waals surface area contributed by atoms with Crippen LogP contribution in [0.1, 0.15) is 52.9 Å². The van der Waals surface area contributed by atoms with E-state index in [1.165, 1.54) is 0 Å². The van der Waals surface area contributed by atoms with Crippen molar-refractivity contribution in [3.05, 3.63) is 0 Å². The molecular formula is C16H32ClN3O2. The summed E-state index contributed by atoms with van der Waals surface area (Å²) in [7, 11) is 0. The molecule has 5 nitrogen and oxygen atoms in total. The Morgan fingerprint density at radius 1 is 1.18 bits per heavy atom. The average Bonchev–Trinajstić information content (AvgIpc) is 2.54. The van der Waals surface area contributed by atoms with Gasteiger partial charge in [0.05, 0.1) is 5.41 Å². The smallest absolute Gasteiger partial charge is 0.230 e. The van der Waals surface area contributed by atoms with Crippen molar-refractivity contribution in [2.45, 2.75) is 52.9 Å². The molecule has 1 heterocycles. The summed E-state index contributed by atoms with van der Waals surface area (Å²) in [6.07, 6.45) is 4.02. The molecule has 0 spiro atoms. The van der Waals surface area contributed by atoms with Gasteiger partial charge in [0.15, 0.2) is 0 Å². The van der Waals surface area contributed by atoms with E-state index < -0.39 is 5.41 Å². The van der Waals surface area contributed by atoms with Gasteiger partial charge in [-0.3, -0.25) is 9.59 Å². The fourth-order valence-corrected chi connectivity index (χ4v) is 3.00. The molecule has 1 fully saturated rings. The zero-order valence-corrected chi connectivity index (χ0v) is 15.0. The molecule has 1 aliphatic rings. The first kappa shape index (κ1) is 21.2. The van der Waals surface area contributed by atoms with Gasteiger partial charge in [0, 0.05) is 32.1 Å². The van der Waals surface area contributed by atoms with Gasteiger partial charge in [0.2, 0.25) is 11.8 Å². The Morgan fingerprint density at radius 3 is 2.14 bits per heavy atom. The summed E-state index contributed by atoms with van der Waals surface area (Å²) in [5.41, 5.74) is 5.44. The number of hydrogen-bond donors (Lipinski definition) is 2. The zero-order valence-electron chi connectivity index (χ0n) is 14.2. The van der Waals surface area contributed by atoms with Gasteiger partial charge in [0.1, 0.15) is 0 Å². The molecule has 6 heteroatoms. The van der Waals surface area contributed by atoms with Crippen LogP contribution in [0.25, 0.3) is 0 Å². The summed E-state index contributed by atoms with van der Waals surface area (Å²) in [6, 6.07) is 0. The van der Waals surface area contributed by atoms with E-state index in [0.29, 0.717) is 19.6 Å². The summed E-state index contributed by atoms with van der Waals surface area (Å²) >= 11 is 0. The van der Waals surface area contributed by atoms with E-state index >= 15 is 0 Å². The minimum atomic E-state index is -0.419. The van der Waals surface area contributed by atoms with Gasteiger partial charge >= 0.3 is 0 Å². The molecular weight excluding hydrogens is 302 g/mol. The number of piperidine rings is 1. The van der Waals surface area contributed by atoms with Crippen LogP contribution in [0.2, 0.25) is 0 Å². The first-order valence-corrected chi connectivity index (χ1v) is 8.31. The fraction of sp³-hybridized carbons (Fsp3) is 0.875. The van der Waals surface area contributed by atoms with E-state index in [1.807, 2.05) is 25.7 Å². The predicted molar refractivity (Wildman–Crippen MR) is 91.9 cm³/mol. The highest BCUT2D eigenvalue weighted by Crippen LogP contribution is 2.30. The average molecular weight is 334 g/mol. The molecule has 0 bridgehead atoms. The highest BCUT2D eigenvalue weighted by molar-refractivity contribution is 5.85. The van der Waals surface area contributed by atoms with Gasteiger partial charge < -0.3 is 16.0 Å². The number of carbonyl (C=O) groups is 2. The molecule has 1 saturated heterocycles. The van der Waals surface area contributed by atoms with Crippen molar-refractivity contribution in [2.24, 2.45) is 17.1 Å². The standard InChI is InChI=1S/C16H31N3O2.ClH/c1-4-9-18-14(20)13-7-10-19(11-8-13)15(21)16(5-2,6-3)12-17;/h13H,4-12,17H2,1-3H3,(H,18,20);1H. The van der Waals surface area contributed by atoms with Crippen LogP contribution in [-0.4, -0.2) is 42.9 Å². The highest BCUT2D eigenvalue weighted by Gasteiger charge is 2.38. The number of likely N-dealkylation sites (tertiary alicyclic amines) is 1. The Bertz CT molecular complexity index is 343. The van der Waals surface area contributed by atoms with Crippen LogP contribution >= 0.6 is 12.4 Å². The minimum absolute atomic E-state index is 0. The number of nitrogens with one attached hydrogen (secondary N) is 1. The van der Waals surface area contributed by atoms with Crippen LogP contribution in [0, 0.1) is 11.3 Å². The maximum Gasteiger partial charge on any atom is 0.230 e. The van der Waals surface area contributed by atoms with Crippen molar-refractivity contribution in [1.29, 1.82) is 0 Å². The molecule has 22 heavy (non-hydrogen) atoms. The third-order valence-corrected chi connectivity index (χ3v) is 4.90. The Hall–Kier alpha value is -0.810. The molecule has 1 aliphatic heterocycles. The first-order chi connectivity index (χ1) is 10.0. The van der Waals surface area contributed by atoms with Crippen LogP contribution in [0.5, 0.6) is 0 Å². The van der Waals surface area contributed by atoms with Gasteiger partial charge in [-0.2, -0.15) is 0 Å². The quantitative estimate of drug-likeness (QED) is 0.747. The molecule has 1 rings (SSSR count). The number of nitrogens with two attached hydrogens (primary N) is 1. The maximum absolute atomic E-state index is 12.7. The fourth-order valence-electron chi connectivity index (χ4n) is 3.00. The second-order valence-electron chi connectivity index (χ2n) is 6.05. The molecule has 0 unspecified atom stereocenters. The SMILES string of the molecule is CCCNC(=O)C1CCN(C(=O)C(CC)(CC)CN)CC1.Cl. The molecule has 0 aromatic heterocycles. The van der Waals surface area contributed by atoms with Gasteiger partial charge in [0.25, 0.3) is 0 Å². The number of hydrogen-bond acceptors (Lipinski definition) is 3. The number of nitrogens with zero attached hydrogens (tertiary/aromatic N) is 1. The molecule has 0 saturated carbocycles. The zero-order chi connectivity index (χ0) is 15.9. The van der Waals surface area contributed by atoms with Crippen LogP contribution in [0.4, 0.5) is 0 Å². The third kappa shape index (κ3) is 4.85. The molecule has 3 N–H and O–H groups in total. The maximum atomic E-state index is 12.7. The monoisotopic (exact) mass is 333 g/mol. The van der Waals surface area contributed by atoms with Crippen LogP contribution < -0.4 is 11.1 Å². The molecule has 0 aromatic carbocycles. The molecule has 0 atom stereocenters. The number of rotatable bonds is 7. The molecule has 0 aromatic rings. The highest BCUT2D eigenvalue weighted by atomic mass is 35.5. The van der Waals surface area contributed by atoms with Crippen molar-refractivity contribution in [1.82, 2.24) is 10.2 Å². The Kier molecular flexibility index (Phi) is 9.69. The van der Waals surface area contributed by atoms with Gasteiger partial charge in [-0.1, -0.05) is 20.8 Å². The third-order valence-electron chi connectivity index (χ3n) is 4.90. The topological polar surface area (TPSA) is 75.4 Å². The lowest BCUT2D eigenvalue weighted by atomic mass is 9.80. The lowest BCUT2D eigenvalue weighted by Crippen LogP contribution is -2.51. The lowest BCUT2D eigenvalue weighted by Gasteiger charge is -2.38. The van der Waals surface area contributed by atoms with Crippen molar-refractivity contribution >= 4 is 24.2 Å². The van der Waals surface area contributed by atoms with Crippen molar-refractivity contribution in [3.63, 3.8) is 0 Å². The van der Waals surface area contributed by atoms with Gasteiger partial charge in [-0.15, -0.1) is 12.4 Å². The summed E-state index contributed by atoms with van der Waals surface area (Å²) in [4.78, 5) is 26.6. The summed E-state index contributed by atoms with van der Waals surface area (Å²) in [5, 5.41) is 2.95. The normalized spacial score (nSPS) is 16.1. The van der Waals surface area contributed by atoms with E-state index in [4.69, 9.17) is 5.73 Å². The second-order valence-corrected chi connectivity index (χ2v) is 6.05. The van der Waals surface area contributed by atoms with E-state index in [9.17, 15) is 9.59 Å². The Morgan fingerprint density at radius 2 is 1.73 bits per heavy atom. The molecule has 0 radical (unpaired) electrons. The second kappa shape index (κ2) is 10.1. The minimum Gasteiger partial charge on any atom is -0.356 e. The first-order valence-electron chi connectivity index (χ1n) is 8.31.